The highest BCUT2D eigenvalue weighted by molar-refractivity contribution is 7.80. The smallest absolute Gasteiger partial charge is 0.122 e. The first-order valence-corrected chi connectivity index (χ1v) is 3.90. The van der Waals surface area contributed by atoms with Gasteiger partial charge in [-0.2, -0.15) is 0 Å². The van der Waals surface area contributed by atoms with E-state index in [4.69, 9.17) is 22.7 Å². The van der Waals surface area contributed by atoms with E-state index in [1.807, 2.05) is 6.07 Å². The summed E-state index contributed by atoms with van der Waals surface area (Å²) in [6.07, 6.45) is 2.19. The summed E-state index contributed by atoms with van der Waals surface area (Å²) in [5, 5.41) is 0. The Balaban J connectivity index is 2.79. The number of pyridine rings is 1. The van der Waals surface area contributed by atoms with Crippen LogP contribution in [0, 0.1) is 0 Å². The number of rotatable bonds is 3. The molecule has 1 heterocycles. The van der Waals surface area contributed by atoms with Crippen LogP contribution >= 0.6 is 12.2 Å². The van der Waals surface area contributed by atoms with Crippen LogP contribution in [0.2, 0.25) is 0 Å². The van der Waals surface area contributed by atoms with Gasteiger partial charge in [-0.1, -0.05) is 12.2 Å². The highest BCUT2D eigenvalue weighted by atomic mass is 32.1. The minimum atomic E-state index is 0.441. The van der Waals surface area contributed by atoms with Crippen LogP contribution in [0.3, 0.4) is 0 Å². The second kappa shape index (κ2) is 4.01. The molecule has 1 rings (SSSR count). The second-order valence-electron chi connectivity index (χ2n) is 2.33. The third kappa shape index (κ3) is 2.47. The minimum absolute atomic E-state index is 0.441. The van der Waals surface area contributed by atoms with Crippen molar-refractivity contribution >= 4 is 17.2 Å². The van der Waals surface area contributed by atoms with Crippen molar-refractivity contribution in [2.24, 2.45) is 5.73 Å². The van der Waals surface area contributed by atoms with Gasteiger partial charge in [-0.15, -0.1) is 0 Å². The standard InChI is InChI=1S/C8H10N2OS/c1-11-7-2-3-10-6(4-7)5-8(9)12/h2-4H,5H2,1H3,(H2,9,12). The van der Waals surface area contributed by atoms with E-state index < -0.39 is 0 Å². The molecular formula is C8H10N2OS. The van der Waals surface area contributed by atoms with E-state index in [9.17, 15) is 0 Å². The van der Waals surface area contributed by atoms with Crippen molar-refractivity contribution in [3.05, 3.63) is 24.0 Å². The molecule has 0 spiro atoms. The Bertz CT molecular complexity index is 288. The number of hydrogen-bond acceptors (Lipinski definition) is 3. The number of nitrogens with two attached hydrogens (primary N) is 1. The average molecular weight is 182 g/mol. The molecule has 0 amide bonds. The van der Waals surface area contributed by atoms with Gasteiger partial charge in [0, 0.05) is 18.7 Å². The fraction of sp³-hybridized carbons (Fsp3) is 0.250. The third-order valence-corrected chi connectivity index (χ3v) is 1.52. The third-order valence-electron chi connectivity index (χ3n) is 1.38. The lowest BCUT2D eigenvalue weighted by molar-refractivity contribution is 0.413. The van der Waals surface area contributed by atoms with Crippen molar-refractivity contribution in [1.82, 2.24) is 4.98 Å². The van der Waals surface area contributed by atoms with Crippen molar-refractivity contribution in [2.75, 3.05) is 7.11 Å². The van der Waals surface area contributed by atoms with Crippen LogP contribution in [0.4, 0.5) is 0 Å². The van der Waals surface area contributed by atoms with Crippen molar-refractivity contribution < 1.29 is 4.74 Å². The van der Waals surface area contributed by atoms with Crippen molar-refractivity contribution in [2.45, 2.75) is 6.42 Å². The fourth-order valence-electron chi connectivity index (χ4n) is 0.858. The van der Waals surface area contributed by atoms with E-state index in [2.05, 4.69) is 4.98 Å². The van der Waals surface area contributed by atoms with Crippen molar-refractivity contribution in [3.63, 3.8) is 0 Å². The Hall–Kier alpha value is -1.16. The predicted octanol–water partition coefficient (Wildman–Crippen LogP) is 0.919. The summed E-state index contributed by atoms with van der Waals surface area (Å²) >= 11 is 4.75. The molecular weight excluding hydrogens is 172 g/mol. The SMILES string of the molecule is COc1ccnc(CC(N)=S)c1. The van der Waals surface area contributed by atoms with Crippen LogP contribution in [-0.2, 0) is 6.42 Å². The summed E-state index contributed by atoms with van der Waals surface area (Å²) in [6.45, 7) is 0. The van der Waals surface area contributed by atoms with Crippen LogP contribution in [0.15, 0.2) is 18.3 Å². The van der Waals surface area contributed by atoms with E-state index in [0.717, 1.165) is 11.4 Å². The number of ether oxygens (including phenoxy) is 1. The molecule has 0 aliphatic rings. The number of hydrogen-bond donors (Lipinski definition) is 1. The summed E-state index contributed by atoms with van der Waals surface area (Å²) in [6, 6.07) is 3.60. The molecule has 0 aliphatic carbocycles. The number of aromatic nitrogens is 1. The van der Waals surface area contributed by atoms with Crippen molar-refractivity contribution in [3.8, 4) is 5.75 Å². The van der Waals surface area contributed by atoms with Crippen LogP contribution in [-0.4, -0.2) is 17.1 Å². The molecule has 4 heteroatoms. The summed E-state index contributed by atoms with van der Waals surface area (Å²) in [7, 11) is 1.61. The van der Waals surface area contributed by atoms with Crippen LogP contribution in [0.25, 0.3) is 0 Å². The monoisotopic (exact) mass is 182 g/mol. The molecule has 0 unspecified atom stereocenters. The Labute approximate surface area is 76.6 Å². The summed E-state index contributed by atoms with van der Waals surface area (Å²) in [4.78, 5) is 4.52. The molecule has 0 aromatic carbocycles. The zero-order valence-electron chi connectivity index (χ0n) is 6.78. The van der Waals surface area contributed by atoms with Crippen LogP contribution in [0.5, 0.6) is 5.75 Å². The van der Waals surface area contributed by atoms with Gasteiger partial charge in [-0.05, 0) is 6.07 Å². The molecule has 2 N–H and O–H groups in total. The Morgan fingerprint density at radius 2 is 2.50 bits per heavy atom. The molecule has 0 saturated carbocycles. The van der Waals surface area contributed by atoms with E-state index in [-0.39, 0.29) is 0 Å². The topological polar surface area (TPSA) is 48.1 Å². The summed E-state index contributed by atoms with van der Waals surface area (Å²) in [5.41, 5.74) is 6.20. The molecule has 64 valence electrons. The lowest BCUT2D eigenvalue weighted by Crippen LogP contribution is -2.11. The van der Waals surface area contributed by atoms with Gasteiger partial charge >= 0.3 is 0 Å². The number of methoxy groups -OCH3 is 1. The van der Waals surface area contributed by atoms with Gasteiger partial charge in [-0.25, -0.2) is 0 Å². The Morgan fingerprint density at radius 1 is 1.75 bits per heavy atom. The maximum atomic E-state index is 5.37. The number of nitrogens with zero attached hydrogens (tertiary/aromatic N) is 1. The lowest BCUT2D eigenvalue weighted by Gasteiger charge is -2.01. The first-order chi connectivity index (χ1) is 5.72. The normalized spacial score (nSPS) is 9.42. The van der Waals surface area contributed by atoms with Gasteiger partial charge in [0.05, 0.1) is 17.8 Å². The molecule has 0 radical (unpaired) electrons. The van der Waals surface area contributed by atoms with E-state index in [1.165, 1.54) is 0 Å². The zero-order valence-corrected chi connectivity index (χ0v) is 7.60. The van der Waals surface area contributed by atoms with E-state index >= 15 is 0 Å². The van der Waals surface area contributed by atoms with E-state index in [1.54, 1.807) is 19.4 Å². The predicted molar refractivity (Wildman–Crippen MR) is 51.3 cm³/mol. The molecule has 0 fully saturated rings. The quantitative estimate of drug-likeness (QED) is 0.706. The van der Waals surface area contributed by atoms with Gasteiger partial charge < -0.3 is 10.5 Å². The lowest BCUT2D eigenvalue weighted by atomic mass is 10.2. The Morgan fingerprint density at radius 3 is 3.08 bits per heavy atom. The molecule has 0 aliphatic heterocycles. The Kier molecular flexibility index (Phi) is 2.99. The number of thiocarbonyl (C=S) groups is 1. The molecule has 1 aromatic heterocycles. The molecule has 0 saturated heterocycles. The first kappa shape index (κ1) is 8.93. The highest BCUT2D eigenvalue weighted by Crippen LogP contribution is 2.09. The van der Waals surface area contributed by atoms with Gasteiger partial charge in [0.1, 0.15) is 5.75 Å². The minimum Gasteiger partial charge on any atom is -0.497 e. The average Bonchev–Trinajstić information content (AvgIpc) is 2.03. The zero-order chi connectivity index (χ0) is 8.97. The van der Waals surface area contributed by atoms with Crippen LogP contribution in [0.1, 0.15) is 5.69 Å². The molecule has 3 nitrogen and oxygen atoms in total. The summed E-state index contributed by atoms with van der Waals surface area (Å²) in [5.74, 6) is 0.774. The second-order valence-corrected chi connectivity index (χ2v) is 2.85. The molecule has 1 aromatic rings. The fourth-order valence-corrected chi connectivity index (χ4v) is 1.01. The summed E-state index contributed by atoms with van der Waals surface area (Å²) < 4.78 is 5.01. The van der Waals surface area contributed by atoms with Gasteiger partial charge in [0.2, 0.25) is 0 Å². The molecule has 0 bridgehead atoms. The largest absolute Gasteiger partial charge is 0.497 e. The van der Waals surface area contributed by atoms with Gasteiger partial charge in [-0.3, -0.25) is 4.98 Å². The first-order valence-electron chi connectivity index (χ1n) is 3.49. The maximum Gasteiger partial charge on any atom is 0.122 e. The van der Waals surface area contributed by atoms with Crippen LogP contribution < -0.4 is 10.5 Å². The maximum absolute atomic E-state index is 5.37. The van der Waals surface area contributed by atoms with Crippen molar-refractivity contribution in [1.29, 1.82) is 0 Å². The van der Waals surface area contributed by atoms with Gasteiger partial charge in [0.25, 0.3) is 0 Å². The van der Waals surface area contributed by atoms with Gasteiger partial charge in [0.15, 0.2) is 0 Å². The highest BCUT2D eigenvalue weighted by Gasteiger charge is 1.98. The molecule has 0 atom stereocenters. The van der Waals surface area contributed by atoms with E-state index in [0.29, 0.717) is 11.4 Å². The molecule has 12 heavy (non-hydrogen) atoms.